The number of thioether (sulfide) groups is 1. The van der Waals surface area contributed by atoms with Crippen LogP contribution in [0.4, 0.5) is 0 Å². The normalized spacial score (nSPS) is 14.9. The molecule has 2 aromatic rings. The van der Waals surface area contributed by atoms with Gasteiger partial charge in [-0.15, -0.1) is 23.1 Å². The molecule has 23 heavy (non-hydrogen) atoms. The minimum Gasteiger partial charge on any atom is -0.353 e. The van der Waals surface area contributed by atoms with Gasteiger partial charge in [-0.05, 0) is 12.8 Å². The lowest BCUT2D eigenvalue weighted by atomic mass is 10.2. The summed E-state index contributed by atoms with van der Waals surface area (Å²) in [5.74, 6) is 0.103. The van der Waals surface area contributed by atoms with Gasteiger partial charge in [0.2, 0.25) is 5.91 Å². The molecule has 1 amide bonds. The fourth-order valence-corrected chi connectivity index (χ4v) is 4.80. The number of thiophene rings is 1. The Hall–Kier alpha value is -2.05. The van der Waals surface area contributed by atoms with Crippen LogP contribution in [0.2, 0.25) is 0 Å². The maximum Gasteiger partial charge on any atom is 0.326 e. The van der Waals surface area contributed by atoms with Crippen LogP contribution < -0.4 is 16.6 Å². The van der Waals surface area contributed by atoms with Gasteiger partial charge < -0.3 is 10.3 Å². The minimum atomic E-state index is -0.646. The Balaban J connectivity index is 1.79. The number of H-pyrrole nitrogens is 2. The van der Waals surface area contributed by atoms with Crippen LogP contribution in [0.25, 0.3) is 10.2 Å². The Labute approximate surface area is 139 Å². The number of hydrogen-bond acceptors (Lipinski definition) is 6. The fourth-order valence-electron chi connectivity index (χ4n) is 2.67. The van der Waals surface area contributed by atoms with Crippen LogP contribution in [-0.2, 0) is 4.79 Å². The first-order valence-corrected chi connectivity index (χ1v) is 9.00. The van der Waals surface area contributed by atoms with Gasteiger partial charge in [0.25, 0.3) is 5.56 Å². The topological polar surface area (TPSA) is 119 Å². The average molecular weight is 350 g/mol. The largest absolute Gasteiger partial charge is 0.353 e. The molecule has 1 aliphatic rings. The Morgan fingerprint density at radius 2 is 2.09 bits per heavy atom. The zero-order valence-electron chi connectivity index (χ0n) is 12.1. The summed E-state index contributed by atoms with van der Waals surface area (Å²) >= 11 is 2.33. The lowest BCUT2D eigenvalue weighted by molar-refractivity contribution is -0.119. The van der Waals surface area contributed by atoms with E-state index in [9.17, 15) is 19.6 Å². The first-order valence-electron chi connectivity index (χ1n) is 7.20. The van der Waals surface area contributed by atoms with Crippen molar-refractivity contribution in [3.8, 4) is 6.07 Å². The van der Waals surface area contributed by atoms with Crippen molar-refractivity contribution >= 4 is 39.2 Å². The summed E-state index contributed by atoms with van der Waals surface area (Å²) in [7, 11) is 0. The van der Waals surface area contributed by atoms with Crippen molar-refractivity contribution < 1.29 is 4.79 Å². The zero-order chi connectivity index (χ0) is 16.4. The van der Waals surface area contributed by atoms with Crippen molar-refractivity contribution in [3.63, 3.8) is 0 Å². The highest BCUT2D eigenvalue weighted by atomic mass is 32.2. The Bertz CT molecular complexity index is 899. The maximum atomic E-state index is 12.0. The van der Waals surface area contributed by atoms with E-state index in [0.29, 0.717) is 8.91 Å². The molecule has 0 radical (unpaired) electrons. The van der Waals surface area contributed by atoms with E-state index in [1.165, 1.54) is 11.8 Å². The van der Waals surface area contributed by atoms with Crippen molar-refractivity contribution in [2.45, 2.75) is 35.9 Å². The van der Waals surface area contributed by atoms with Crippen LogP contribution in [0.15, 0.2) is 13.8 Å². The second kappa shape index (κ2) is 6.60. The van der Waals surface area contributed by atoms with Gasteiger partial charge in [0, 0.05) is 6.04 Å². The van der Waals surface area contributed by atoms with Gasteiger partial charge in [0.05, 0.1) is 15.5 Å². The third-order valence-corrected chi connectivity index (χ3v) is 6.17. The van der Waals surface area contributed by atoms with Crippen LogP contribution in [-0.4, -0.2) is 27.7 Å². The number of carbonyl (C=O) groups excluding carboxylic acids is 1. The second-order valence-electron chi connectivity index (χ2n) is 5.33. The summed E-state index contributed by atoms with van der Waals surface area (Å²) in [6, 6.07) is 2.25. The van der Waals surface area contributed by atoms with E-state index in [1.807, 2.05) is 6.07 Å². The molecule has 120 valence electrons. The molecule has 0 unspecified atom stereocenters. The van der Waals surface area contributed by atoms with Crippen LogP contribution >= 0.6 is 23.1 Å². The van der Waals surface area contributed by atoms with Crippen LogP contribution in [0.3, 0.4) is 0 Å². The number of carbonyl (C=O) groups is 1. The van der Waals surface area contributed by atoms with Crippen molar-refractivity contribution in [1.29, 1.82) is 5.26 Å². The van der Waals surface area contributed by atoms with Crippen molar-refractivity contribution in [3.05, 3.63) is 26.4 Å². The Morgan fingerprint density at radius 1 is 1.35 bits per heavy atom. The Kier molecular flexibility index (Phi) is 4.54. The predicted octanol–water partition coefficient (Wildman–Crippen LogP) is 1.30. The number of aromatic amines is 2. The molecule has 1 saturated carbocycles. The molecule has 2 aromatic heterocycles. The number of aromatic nitrogens is 2. The summed E-state index contributed by atoms with van der Waals surface area (Å²) in [6.45, 7) is 0. The van der Waals surface area contributed by atoms with Crippen LogP contribution in [0.5, 0.6) is 0 Å². The number of nitriles is 1. The first-order chi connectivity index (χ1) is 11.1. The molecule has 0 bridgehead atoms. The number of hydrogen-bond donors (Lipinski definition) is 3. The smallest absolute Gasteiger partial charge is 0.326 e. The van der Waals surface area contributed by atoms with Gasteiger partial charge in [0.15, 0.2) is 0 Å². The predicted molar refractivity (Wildman–Crippen MR) is 88.9 cm³/mol. The van der Waals surface area contributed by atoms with Gasteiger partial charge in [-0.1, -0.05) is 12.8 Å². The summed E-state index contributed by atoms with van der Waals surface area (Å²) < 4.78 is 0.858. The highest BCUT2D eigenvalue weighted by Crippen LogP contribution is 2.34. The Morgan fingerprint density at radius 3 is 2.78 bits per heavy atom. The first kappa shape index (κ1) is 15.8. The highest BCUT2D eigenvalue weighted by Gasteiger charge is 2.19. The molecule has 3 rings (SSSR count). The van der Waals surface area contributed by atoms with E-state index in [4.69, 9.17) is 0 Å². The van der Waals surface area contributed by atoms with Crippen LogP contribution in [0, 0.1) is 11.3 Å². The molecule has 0 aromatic carbocycles. The molecule has 0 atom stereocenters. The van der Waals surface area contributed by atoms with Gasteiger partial charge in [-0.25, -0.2) is 4.79 Å². The van der Waals surface area contributed by atoms with E-state index in [2.05, 4.69) is 15.3 Å². The SMILES string of the molecule is N#Cc1c(SCC(=O)NC2CCCC2)sc2c(=O)[nH]c(=O)[nH]c12. The molecular formula is C14H14N4O3S2. The van der Waals surface area contributed by atoms with E-state index in [1.54, 1.807) is 0 Å². The monoisotopic (exact) mass is 350 g/mol. The van der Waals surface area contributed by atoms with Crippen LogP contribution in [0.1, 0.15) is 31.2 Å². The molecular weight excluding hydrogens is 336 g/mol. The molecule has 7 nitrogen and oxygen atoms in total. The van der Waals surface area contributed by atoms with E-state index in [0.717, 1.165) is 37.0 Å². The van der Waals surface area contributed by atoms with E-state index < -0.39 is 11.2 Å². The van der Waals surface area contributed by atoms with Gasteiger partial charge in [-0.2, -0.15) is 5.26 Å². The molecule has 9 heteroatoms. The summed E-state index contributed by atoms with van der Waals surface area (Å²) in [6.07, 6.45) is 4.31. The third kappa shape index (κ3) is 3.33. The molecule has 0 aliphatic heterocycles. The number of fused-ring (bicyclic) bond motifs is 1. The highest BCUT2D eigenvalue weighted by molar-refractivity contribution is 8.02. The lowest BCUT2D eigenvalue weighted by Crippen LogP contribution is -2.33. The number of nitrogens with zero attached hydrogens (tertiary/aromatic N) is 1. The zero-order valence-corrected chi connectivity index (χ0v) is 13.7. The number of nitrogens with one attached hydrogen (secondary N) is 3. The summed E-state index contributed by atoms with van der Waals surface area (Å²) in [5.41, 5.74) is -0.684. The van der Waals surface area contributed by atoms with Gasteiger partial charge >= 0.3 is 5.69 Å². The molecule has 1 fully saturated rings. The fraction of sp³-hybridized carbons (Fsp3) is 0.429. The lowest BCUT2D eigenvalue weighted by Gasteiger charge is -2.11. The van der Waals surface area contributed by atoms with Gasteiger partial charge in [0.1, 0.15) is 16.3 Å². The number of rotatable bonds is 4. The molecule has 3 N–H and O–H groups in total. The van der Waals surface area contributed by atoms with Gasteiger partial charge in [-0.3, -0.25) is 14.6 Å². The van der Waals surface area contributed by atoms with Crippen molar-refractivity contribution in [1.82, 2.24) is 15.3 Å². The second-order valence-corrected chi connectivity index (χ2v) is 7.59. The van der Waals surface area contributed by atoms with E-state index >= 15 is 0 Å². The van der Waals surface area contributed by atoms with E-state index in [-0.39, 0.29) is 28.8 Å². The number of amides is 1. The standard InChI is InChI=1S/C14H14N4O3S2/c15-5-8-10-11(12(20)18-14(21)17-10)23-13(8)22-6-9(19)16-7-3-1-2-4-7/h7H,1-4,6H2,(H,16,19)(H2,17,18,20,21). The summed E-state index contributed by atoms with van der Waals surface area (Å²) in [4.78, 5) is 39.7. The van der Waals surface area contributed by atoms with Crippen molar-refractivity contribution in [2.75, 3.05) is 5.75 Å². The third-order valence-electron chi connectivity index (χ3n) is 3.71. The molecule has 0 spiro atoms. The average Bonchev–Trinajstić information content (AvgIpc) is 3.12. The maximum absolute atomic E-state index is 12.0. The quantitative estimate of drug-likeness (QED) is 0.718. The summed E-state index contributed by atoms with van der Waals surface area (Å²) in [5, 5.41) is 12.3. The molecule has 0 saturated heterocycles. The van der Waals surface area contributed by atoms with Crippen molar-refractivity contribution in [2.24, 2.45) is 0 Å². The minimum absolute atomic E-state index is 0.0781. The molecule has 1 aliphatic carbocycles. The molecule has 2 heterocycles.